The summed E-state index contributed by atoms with van der Waals surface area (Å²) >= 11 is 0. The smallest absolute Gasteiger partial charge is 0.324 e. The van der Waals surface area contributed by atoms with Crippen molar-refractivity contribution >= 4 is 16.0 Å². The van der Waals surface area contributed by atoms with Gasteiger partial charge in [0, 0.05) is 0 Å². The van der Waals surface area contributed by atoms with Crippen molar-refractivity contribution < 1.29 is 23.4 Å². The largest absolute Gasteiger partial charge is 0.480 e. The highest BCUT2D eigenvalue weighted by Gasteiger charge is 2.22. The summed E-state index contributed by atoms with van der Waals surface area (Å²) in [5.74, 6) is -1.50. The van der Waals surface area contributed by atoms with E-state index in [2.05, 4.69) is 0 Å². The Hall–Kier alpha value is -0.660. The molecule has 0 aromatic heterocycles. The first kappa shape index (κ1) is 13.3. The van der Waals surface area contributed by atoms with Crippen molar-refractivity contribution in [2.24, 2.45) is 0 Å². The van der Waals surface area contributed by atoms with Gasteiger partial charge in [0.25, 0.3) is 0 Å². The molecule has 1 atom stereocenters. The molecule has 0 aliphatic rings. The molecule has 0 saturated carbocycles. The fourth-order valence-corrected chi connectivity index (χ4v) is 2.17. The van der Waals surface area contributed by atoms with Crippen molar-refractivity contribution in [3.63, 3.8) is 0 Å². The van der Waals surface area contributed by atoms with E-state index in [1.807, 2.05) is 11.6 Å². The molecule has 84 valence electrons. The Bertz CT molecular complexity index is 274. The number of hydrogen-bond donors (Lipinski definition) is 3. The zero-order valence-corrected chi connectivity index (χ0v) is 8.75. The maximum Gasteiger partial charge on any atom is 0.324 e. The van der Waals surface area contributed by atoms with Crippen LogP contribution in [0.25, 0.3) is 0 Å². The third-order valence-corrected chi connectivity index (χ3v) is 3.04. The summed E-state index contributed by atoms with van der Waals surface area (Å²) in [6.45, 7) is 1.08. The van der Waals surface area contributed by atoms with Gasteiger partial charge in [-0.05, 0) is 6.42 Å². The minimum absolute atomic E-state index is 0.118. The third-order valence-electron chi connectivity index (χ3n) is 1.57. The van der Waals surface area contributed by atoms with Gasteiger partial charge in [0.15, 0.2) is 0 Å². The Morgan fingerprint density at radius 2 is 2.07 bits per heavy atom. The Balaban J connectivity index is 4.26. The summed E-state index contributed by atoms with van der Waals surface area (Å²) < 4.78 is 24.3. The maximum absolute atomic E-state index is 11.2. The first-order valence-corrected chi connectivity index (χ1v) is 5.92. The van der Waals surface area contributed by atoms with Gasteiger partial charge in [-0.1, -0.05) is 13.3 Å². The number of nitrogens with one attached hydrogen (secondary N) is 1. The van der Waals surface area contributed by atoms with Crippen LogP contribution in [0.5, 0.6) is 0 Å². The van der Waals surface area contributed by atoms with Crippen LogP contribution in [-0.2, 0) is 14.8 Å². The first-order chi connectivity index (χ1) is 6.43. The van der Waals surface area contributed by atoms with Crippen LogP contribution in [0.15, 0.2) is 0 Å². The molecule has 0 saturated heterocycles. The van der Waals surface area contributed by atoms with E-state index in [1.165, 1.54) is 0 Å². The van der Waals surface area contributed by atoms with Crippen LogP contribution in [0.1, 0.15) is 19.8 Å². The van der Waals surface area contributed by atoms with Crippen molar-refractivity contribution in [1.29, 1.82) is 0 Å². The van der Waals surface area contributed by atoms with Crippen LogP contribution in [0.2, 0.25) is 0 Å². The molecule has 0 aromatic rings. The summed E-state index contributed by atoms with van der Waals surface area (Å²) in [6.07, 6.45) is 1.17. The first-order valence-electron chi connectivity index (χ1n) is 4.26. The van der Waals surface area contributed by atoms with Crippen molar-refractivity contribution in [2.75, 3.05) is 12.4 Å². The van der Waals surface area contributed by atoms with Crippen molar-refractivity contribution in [1.82, 2.24) is 4.72 Å². The van der Waals surface area contributed by atoms with E-state index >= 15 is 0 Å². The normalized spacial score (nSPS) is 13.9. The Morgan fingerprint density at radius 3 is 2.43 bits per heavy atom. The van der Waals surface area contributed by atoms with Crippen LogP contribution in [0.3, 0.4) is 0 Å². The second kappa shape index (κ2) is 5.94. The molecule has 3 N–H and O–H groups in total. The lowest BCUT2D eigenvalue weighted by atomic mass is 10.3. The number of carboxylic acid groups (broad SMARTS) is 1. The molecule has 0 spiro atoms. The van der Waals surface area contributed by atoms with Gasteiger partial charge in [0.2, 0.25) is 10.0 Å². The number of rotatable bonds is 7. The fraction of sp³-hybridized carbons (Fsp3) is 0.857. The predicted molar refractivity (Wildman–Crippen MR) is 50.3 cm³/mol. The van der Waals surface area contributed by atoms with Gasteiger partial charge >= 0.3 is 5.97 Å². The van der Waals surface area contributed by atoms with Gasteiger partial charge < -0.3 is 10.2 Å². The molecule has 0 amide bonds. The predicted octanol–water partition coefficient (Wildman–Crippen LogP) is -0.849. The SMILES string of the molecule is CCCCS(=O)(=O)N[C@@H](CO)C(=O)O. The van der Waals surface area contributed by atoms with Gasteiger partial charge in [-0.3, -0.25) is 4.79 Å². The minimum Gasteiger partial charge on any atom is -0.480 e. The minimum atomic E-state index is -3.59. The standard InChI is InChI=1S/C7H15NO5S/c1-2-3-4-14(12,13)8-6(5-9)7(10)11/h6,8-9H,2-5H2,1H3,(H,10,11)/t6-/m0/s1. The molecule has 7 heteroatoms. The van der Waals surface area contributed by atoms with Crippen LogP contribution in [0.4, 0.5) is 0 Å². The second-order valence-corrected chi connectivity index (χ2v) is 4.74. The van der Waals surface area contributed by atoms with Gasteiger partial charge in [0.05, 0.1) is 12.4 Å². The number of carboxylic acids is 1. The Kier molecular flexibility index (Phi) is 5.66. The summed E-state index contributed by atoms with van der Waals surface area (Å²) in [6, 6.07) is -1.45. The van der Waals surface area contributed by atoms with Gasteiger partial charge in [-0.2, -0.15) is 4.72 Å². The molecule has 0 aliphatic heterocycles. The number of aliphatic carboxylic acids is 1. The van der Waals surface area contributed by atoms with E-state index in [0.29, 0.717) is 12.8 Å². The molecule has 6 nitrogen and oxygen atoms in total. The lowest BCUT2D eigenvalue weighted by Crippen LogP contribution is -2.44. The average Bonchev–Trinajstić information content (AvgIpc) is 2.10. The van der Waals surface area contributed by atoms with Crippen LogP contribution < -0.4 is 4.72 Å². The van der Waals surface area contributed by atoms with Gasteiger partial charge in [-0.15, -0.1) is 0 Å². The van der Waals surface area contributed by atoms with Crippen molar-refractivity contribution in [3.8, 4) is 0 Å². The summed E-state index contributed by atoms with van der Waals surface area (Å²) in [5, 5.41) is 17.1. The van der Waals surface area contributed by atoms with E-state index in [0.717, 1.165) is 0 Å². The second-order valence-electron chi connectivity index (χ2n) is 2.86. The maximum atomic E-state index is 11.2. The average molecular weight is 225 g/mol. The molecule has 0 aliphatic carbocycles. The molecule has 0 heterocycles. The molecule has 0 fully saturated rings. The van der Waals surface area contributed by atoms with E-state index in [9.17, 15) is 13.2 Å². The molecular weight excluding hydrogens is 210 g/mol. The van der Waals surface area contributed by atoms with Gasteiger partial charge in [-0.25, -0.2) is 8.42 Å². The molecule has 0 rings (SSSR count). The van der Waals surface area contributed by atoms with E-state index < -0.39 is 28.6 Å². The fourth-order valence-electron chi connectivity index (χ4n) is 0.776. The van der Waals surface area contributed by atoms with Crippen molar-refractivity contribution in [3.05, 3.63) is 0 Å². The zero-order valence-electron chi connectivity index (χ0n) is 7.93. The topological polar surface area (TPSA) is 104 Å². The molecule has 14 heavy (non-hydrogen) atoms. The highest BCUT2D eigenvalue weighted by Crippen LogP contribution is 1.95. The van der Waals surface area contributed by atoms with Crippen molar-refractivity contribution in [2.45, 2.75) is 25.8 Å². The summed E-state index contributed by atoms with van der Waals surface area (Å²) in [5.41, 5.74) is 0. The molecule has 0 bridgehead atoms. The zero-order chi connectivity index (χ0) is 11.2. The third kappa shape index (κ3) is 5.15. The lowest BCUT2D eigenvalue weighted by molar-refractivity contribution is -0.139. The number of aliphatic hydroxyl groups is 1. The van der Waals surface area contributed by atoms with Crippen LogP contribution in [0, 0.1) is 0 Å². The summed E-state index contributed by atoms with van der Waals surface area (Å²) in [4.78, 5) is 10.4. The van der Waals surface area contributed by atoms with E-state index in [4.69, 9.17) is 10.2 Å². The number of carbonyl (C=O) groups is 1. The quantitative estimate of drug-likeness (QED) is 0.523. The Labute approximate surface area is 83.0 Å². The molecular formula is C7H15NO5S. The molecule has 0 radical (unpaired) electrons. The summed E-state index contributed by atoms with van der Waals surface area (Å²) in [7, 11) is -3.59. The highest BCUT2D eigenvalue weighted by molar-refractivity contribution is 7.89. The number of sulfonamides is 1. The molecule has 0 unspecified atom stereocenters. The van der Waals surface area contributed by atoms with E-state index in [1.54, 1.807) is 0 Å². The molecule has 0 aromatic carbocycles. The number of aliphatic hydroxyl groups excluding tert-OH is 1. The van der Waals surface area contributed by atoms with Crippen LogP contribution >= 0.6 is 0 Å². The Morgan fingerprint density at radius 1 is 1.50 bits per heavy atom. The lowest BCUT2D eigenvalue weighted by Gasteiger charge is -2.11. The van der Waals surface area contributed by atoms with Gasteiger partial charge in [0.1, 0.15) is 6.04 Å². The highest BCUT2D eigenvalue weighted by atomic mass is 32.2. The number of hydrogen-bond acceptors (Lipinski definition) is 4. The number of unbranched alkanes of at least 4 members (excludes halogenated alkanes) is 1. The van der Waals surface area contributed by atoms with Crippen LogP contribution in [-0.4, -0.2) is 43.0 Å². The van der Waals surface area contributed by atoms with E-state index in [-0.39, 0.29) is 5.75 Å². The monoisotopic (exact) mass is 225 g/mol.